The second kappa shape index (κ2) is 8.94. The van der Waals surface area contributed by atoms with E-state index in [1.165, 1.54) is 0 Å². The Morgan fingerprint density at radius 1 is 1.35 bits per heavy atom. The van der Waals surface area contributed by atoms with Gasteiger partial charge in [0, 0.05) is 39.2 Å². The van der Waals surface area contributed by atoms with Crippen molar-refractivity contribution < 1.29 is 13.2 Å². The second-order valence-electron chi connectivity index (χ2n) is 8.99. The maximum Gasteiger partial charge on any atom is 0.193 e. The van der Waals surface area contributed by atoms with E-state index in [0.29, 0.717) is 19.0 Å². The SMILES string of the molecule is CN=C(NCC1CCCOC1C(C)(C)C)N1CCS(=O)(=O)C(C)(C)C1.I. The van der Waals surface area contributed by atoms with E-state index in [9.17, 15) is 8.42 Å². The predicted molar refractivity (Wildman–Crippen MR) is 118 cm³/mol. The number of halogens is 1. The molecule has 2 aliphatic rings. The molecular weight excluding hydrogens is 465 g/mol. The van der Waals surface area contributed by atoms with Crippen LogP contribution >= 0.6 is 24.0 Å². The van der Waals surface area contributed by atoms with Crippen LogP contribution in [0, 0.1) is 11.3 Å². The Hall–Kier alpha value is -0.0900. The van der Waals surface area contributed by atoms with Gasteiger partial charge in [-0.25, -0.2) is 8.42 Å². The van der Waals surface area contributed by atoms with Gasteiger partial charge in [0.05, 0.1) is 16.6 Å². The average molecular weight is 501 g/mol. The van der Waals surface area contributed by atoms with Crippen LogP contribution in [0.15, 0.2) is 4.99 Å². The molecular formula is C18H36IN3O3S. The molecule has 0 saturated carbocycles. The van der Waals surface area contributed by atoms with Crippen molar-refractivity contribution in [2.45, 2.75) is 58.3 Å². The number of aliphatic imine (C=N–C) groups is 1. The molecule has 1 N–H and O–H groups in total. The zero-order valence-electron chi connectivity index (χ0n) is 17.0. The molecule has 0 aromatic rings. The van der Waals surface area contributed by atoms with Gasteiger partial charge >= 0.3 is 0 Å². The summed E-state index contributed by atoms with van der Waals surface area (Å²) in [5.74, 6) is 1.41. The molecule has 2 fully saturated rings. The molecule has 0 aliphatic carbocycles. The lowest BCUT2D eigenvalue weighted by atomic mass is 9.78. The summed E-state index contributed by atoms with van der Waals surface area (Å²) < 4.78 is 29.7. The van der Waals surface area contributed by atoms with E-state index in [2.05, 4.69) is 36.0 Å². The van der Waals surface area contributed by atoms with Crippen molar-refractivity contribution in [2.75, 3.05) is 39.0 Å². The summed E-state index contributed by atoms with van der Waals surface area (Å²) in [6.07, 6.45) is 2.46. The van der Waals surface area contributed by atoms with Gasteiger partial charge in [0.2, 0.25) is 0 Å². The van der Waals surface area contributed by atoms with Gasteiger partial charge in [0.15, 0.2) is 15.8 Å². The number of nitrogens with one attached hydrogen (secondary N) is 1. The van der Waals surface area contributed by atoms with E-state index in [0.717, 1.165) is 32.0 Å². The first kappa shape index (κ1) is 23.9. The van der Waals surface area contributed by atoms with Crippen molar-refractivity contribution in [1.82, 2.24) is 10.2 Å². The second-order valence-corrected chi connectivity index (χ2v) is 11.7. The lowest BCUT2D eigenvalue weighted by molar-refractivity contribution is -0.0836. The van der Waals surface area contributed by atoms with Crippen molar-refractivity contribution >= 4 is 39.8 Å². The largest absolute Gasteiger partial charge is 0.377 e. The van der Waals surface area contributed by atoms with Crippen LogP contribution < -0.4 is 5.32 Å². The molecule has 2 atom stereocenters. The Bertz CT molecular complexity index is 599. The minimum absolute atomic E-state index is 0. The fourth-order valence-electron chi connectivity index (χ4n) is 3.89. The van der Waals surface area contributed by atoms with Gasteiger partial charge < -0.3 is 15.0 Å². The summed E-state index contributed by atoms with van der Waals surface area (Å²) in [5, 5.41) is 3.48. The van der Waals surface area contributed by atoms with Crippen molar-refractivity contribution in [2.24, 2.45) is 16.3 Å². The van der Waals surface area contributed by atoms with E-state index < -0.39 is 14.6 Å². The molecule has 2 heterocycles. The Morgan fingerprint density at radius 2 is 2.00 bits per heavy atom. The van der Waals surface area contributed by atoms with Crippen LogP contribution in [0.4, 0.5) is 0 Å². The quantitative estimate of drug-likeness (QED) is 0.358. The van der Waals surface area contributed by atoms with Crippen LogP contribution in [-0.4, -0.2) is 69.2 Å². The van der Waals surface area contributed by atoms with Gasteiger partial charge in [-0.05, 0) is 32.1 Å². The van der Waals surface area contributed by atoms with Gasteiger partial charge in [-0.15, -0.1) is 24.0 Å². The number of guanidine groups is 1. The molecule has 0 aromatic carbocycles. The van der Waals surface area contributed by atoms with E-state index in [4.69, 9.17) is 4.74 Å². The molecule has 0 amide bonds. The monoisotopic (exact) mass is 501 g/mol. The summed E-state index contributed by atoms with van der Waals surface area (Å²) in [5.41, 5.74) is 0.109. The highest BCUT2D eigenvalue weighted by Crippen LogP contribution is 2.33. The van der Waals surface area contributed by atoms with Crippen LogP contribution in [0.3, 0.4) is 0 Å². The molecule has 2 rings (SSSR count). The Labute approximate surface area is 176 Å². The van der Waals surface area contributed by atoms with Crippen molar-refractivity contribution in [3.05, 3.63) is 0 Å². The molecule has 2 unspecified atom stereocenters. The van der Waals surface area contributed by atoms with Crippen molar-refractivity contribution in [1.29, 1.82) is 0 Å². The summed E-state index contributed by atoms with van der Waals surface area (Å²) in [4.78, 5) is 6.46. The van der Waals surface area contributed by atoms with E-state index in [1.807, 2.05) is 0 Å². The van der Waals surface area contributed by atoms with E-state index >= 15 is 0 Å². The first-order valence-electron chi connectivity index (χ1n) is 9.27. The Balaban J connectivity index is 0.00000338. The summed E-state index contributed by atoms with van der Waals surface area (Å²) >= 11 is 0. The molecule has 0 radical (unpaired) electrons. The number of rotatable bonds is 2. The number of hydrogen-bond donors (Lipinski definition) is 1. The van der Waals surface area contributed by atoms with Crippen LogP contribution in [0.2, 0.25) is 0 Å². The van der Waals surface area contributed by atoms with Crippen LogP contribution in [0.25, 0.3) is 0 Å². The fourth-order valence-corrected chi connectivity index (χ4v) is 5.25. The molecule has 0 spiro atoms. The third-order valence-electron chi connectivity index (χ3n) is 5.38. The number of nitrogens with zero attached hydrogens (tertiary/aromatic N) is 2. The molecule has 0 aromatic heterocycles. The fraction of sp³-hybridized carbons (Fsp3) is 0.944. The lowest BCUT2D eigenvalue weighted by Gasteiger charge is -2.42. The van der Waals surface area contributed by atoms with Crippen molar-refractivity contribution in [3.63, 3.8) is 0 Å². The highest BCUT2D eigenvalue weighted by atomic mass is 127. The highest BCUT2D eigenvalue weighted by Gasteiger charge is 2.41. The normalized spacial score (nSPS) is 29.0. The predicted octanol–water partition coefficient (Wildman–Crippen LogP) is 2.53. The number of ether oxygens (including phenoxy) is 1. The Morgan fingerprint density at radius 3 is 2.54 bits per heavy atom. The van der Waals surface area contributed by atoms with Gasteiger partial charge in [-0.3, -0.25) is 4.99 Å². The first-order valence-corrected chi connectivity index (χ1v) is 10.9. The Kier molecular flexibility index (Phi) is 8.24. The minimum atomic E-state index is -3.04. The third-order valence-corrected chi connectivity index (χ3v) is 7.91. The summed E-state index contributed by atoms with van der Waals surface area (Å²) in [6.45, 7) is 12.9. The standard InChI is InChI=1S/C18H35N3O3S.HI/c1-17(2,3)15-14(8-7-10-24-15)12-20-16(19-6)21-9-11-25(22,23)18(4,5)13-21;/h14-15H,7-13H2,1-6H3,(H,19,20);1H. The van der Waals surface area contributed by atoms with Gasteiger partial charge in [-0.2, -0.15) is 0 Å². The van der Waals surface area contributed by atoms with E-state index in [1.54, 1.807) is 20.9 Å². The molecule has 8 heteroatoms. The maximum atomic E-state index is 12.2. The highest BCUT2D eigenvalue weighted by molar-refractivity contribution is 14.0. The maximum absolute atomic E-state index is 12.2. The lowest BCUT2D eigenvalue weighted by Crippen LogP contribution is -2.58. The van der Waals surface area contributed by atoms with Crippen molar-refractivity contribution in [3.8, 4) is 0 Å². The minimum Gasteiger partial charge on any atom is -0.377 e. The van der Waals surface area contributed by atoms with Crippen LogP contribution in [0.1, 0.15) is 47.5 Å². The van der Waals surface area contributed by atoms with E-state index in [-0.39, 0.29) is 41.2 Å². The zero-order valence-corrected chi connectivity index (χ0v) is 20.2. The summed E-state index contributed by atoms with van der Waals surface area (Å²) in [7, 11) is -1.28. The van der Waals surface area contributed by atoms with Gasteiger partial charge in [0.1, 0.15) is 0 Å². The number of sulfone groups is 1. The van der Waals surface area contributed by atoms with Gasteiger partial charge in [-0.1, -0.05) is 20.8 Å². The smallest absolute Gasteiger partial charge is 0.193 e. The molecule has 0 bridgehead atoms. The average Bonchev–Trinajstić information content (AvgIpc) is 2.51. The zero-order chi connectivity index (χ0) is 18.9. The van der Waals surface area contributed by atoms with Crippen LogP contribution in [0.5, 0.6) is 0 Å². The summed E-state index contributed by atoms with van der Waals surface area (Å²) in [6, 6.07) is 0. The molecule has 2 saturated heterocycles. The first-order chi connectivity index (χ1) is 11.5. The molecule has 154 valence electrons. The molecule has 26 heavy (non-hydrogen) atoms. The van der Waals surface area contributed by atoms with Crippen LogP contribution in [-0.2, 0) is 14.6 Å². The molecule has 6 nitrogen and oxygen atoms in total. The topological polar surface area (TPSA) is 71.0 Å². The molecule has 2 aliphatic heterocycles. The number of hydrogen-bond acceptors (Lipinski definition) is 4. The van der Waals surface area contributed by atoms with Gasteiger partial charge in [0.25, 0.3) is 0 Å². The third kappa shape index (κ3) is 5.47.